The van der Waals surface area contributed by atoms with Gasteiger partial charge in [-0.2, -0.15) is 0 Å². The molecular formula is C16H18BrNS. The molecule has 2 aromatic carbocycles. The Labute approximate surface area is 127 Å². The minimum atomic E-state index is 0.549. The van der Waals surface area contributed by atoms with Crippen LogP contribution in [-0.4, -0.2) is 0 Å². The van der Waals surface area contributed by atoms with E-state index in [0.717, 1.165) is 4.47 Å². The molecule has 0 bridgehead atoms. The zero-order valence-electron chi connectivity index (χ0n) is 11.2. The third-order valence-electron chi connectivity index (χ3n) is 3.05. The van der Waals surface area contributed by atoms with E-state index in [-0.39, 0.29) is 0 Å². The third-order valence-corrected chi connectivity index (χ3v) is 4.91. The lowest BCUT2D eigenvalue weighted by Gasteiger charge is -2.10. The van der Waals surface area contributed by atoms with Gasteiger partial charge < -0.3 is 5.73 Å². The van der Waals surface area contributed by atoms with Crippen LogP contribution in [0.3, 0.4) is 0 Å². The van der Waals surface area contributed by atoms with E-state index in [2.05, 4.69) is 60.1 Å². The molecule has 0 saturated carbocycles. The van der Waals surface area contributed by atoms with Gasteiger partial charge in [0, 0.05) is 20.8 Å². The summed E-state index contributed by atoms with van der Waals surface area (Å²) in [5, 5.41) is 0. The van der Waals surface area contributed by atoms with Crippen molar-refractivity contribution in [2.24, 2.45) is 5.73 Å². The fourth-order valence-electron chi connectivity index (χ4n) is 1.88. The first-order valence-electron chi connectivity index (χ1n) is 6.37. The average molecular weight is 336 g/mol. The largest absolute Gasteiger partial charge is 0.326 e. The molecule has 0 atom stereocenters. The smallest absolute Gasteiger partial charge is 0.0231 e. The third kappa shape index (κ3) is 3.62. The summed E-state index contributed by atoms with van der Waals surface area (Å²) in [5.41, 5.74) is 8.37. The standard InChI is InChI=1S/C16H18BrNS/c1-11(2)12-6-8-13(9-7-12)19-16-5-3-4-15(17)14(16)10-18/h3-9,11H,10,18H2,1-2H3. The van der Waals surface area contributed by atoms with E-state index in [1.807, 2.05) is 12.1 Å². The van der Waals surface area contributed by atoms with Crippen molar-refractivity contribution in [2.75, 3.05) is 0 Å². The molecular weight excluding hydrogens is 318 g/mol. The minimum absolute atomic E-state index is 0.549. The lowest BCUT2D eigenvalue weighted by Crippen LogP contribution is -1.99. The van der Waals surface area contributed by atoms with Crippen molar-refractivity contribution >= 4 is 27.7 Å². The maximum atomic E-state index is 5.83. The van der Waals surface area contributed by atoms with Crippen molar-refractivity contribution in [2.45, 2.75) is 36.1 Å². The summed E-state index contributed by atoms with van der Waals surface area (Å²) >= 11 is 5.32. The number of nitrogens with two attached hydrogens (primary N) is 1. The van der Waals surface area contributed by atoms with Crippen molar-refractivity contribution in [1.82, 2.24) is 0 Å². The highest BCUT2D eigenvalue weighted by Crippen LogP contribution is 2.34. The van der Waals surface area contributed by atoms with Crippen LogP contribution in [0.15, 0.2) is 56.7 Å². The summed E-state index contributed by atoms with van der Waals surface area (Å²) in [5.74, 6) is 0.574. The number of rotatable bonds is 4. The van der Waals surface area contributed by atoms with E-state index >= 15 is 0 Å². The topological polar surface area (TPSA) is 26.0 Å². The summed E-state index contributed by atoms with van der Waals surface area (Å²) in [7, 11) is 0. The molecule has 0 heterocycles. The van der Waals surface area contributed by atoms with Crippen molar-refractivity contribution in [3.63, 3.8) is 0 Å². The molecule has 0 radical (unpaired) electrons. The van der Waals surface area contributed by atoms with Gasteiger partial charge in [0.15, 0.2) is 0 Å². The fourth-order valence-corrected chi connectivity index (χ4v) is 3.53. The zero-order chi connectivity index (χ0) is 13.8. The highest BCUT2D eigenvalue weighted by atomic mass is 79.9. The van der Waals surface area contributed by atoms with Crippen LogP contribution < -0.4 is 5.73 Å². The Balaban J connectivity index is 2.24. The lowest BCUT2D eigenvalue weighted by atomic mass is 10.0. The molecule has 2 rings (SSSR count). The van der Waals surface area contributed by atoms with Gasteiger partial charge in [-0.15, -0.1) is 0 Å². The van der Waals surface area contributed by atoms with Crippen molar-refractivity contribution in [3.05, 3.63) is 58.1 Å². The minimum Gasteiger partial charge on any atom is -0.326 e. The second-order valence-corrected chi connectivity index (χ2v) is 6.72. The first-order valence-corrected chi connectivity index (χ1v) is 7.98. The summed E-state index contributed by atoms with van der Waals surface area (Å²) in [6.07, 6.45) is 0. The van der Waals surface area contributed by atoms with Gasteiger partial charge in [0.2, 0.25) is 0 Å². The van der Waals surface area contributed by atoms with E-state index in [0.29, 0.717) is 12.5 Å². The average Bonchev–Trinajstić information content (AvgIpc) is 2.39. The van der Waals surface area contributed by atoms with E-state index in [1.54, 1.807) is 11.8 Å². The SMILES string of the molecule is CC(C)c1ccc(Sc2cccc(Br)c2CN)cc1. The Hall–Kier alpha value is -0.770. The number of hydrogen-bond acceptors (Lipinski definition) is 2. The number of benzene rings is 2. The highest BCUT2D eigenvalue weighted by Gasteiger charge is 2.07. The predicted octanol–water partition coefficient (Wildman–Crippen LogP) is 5.18. The molecule has 0 saturated heterocycles. The monoisotopic (exact) mass is 335 g/mol. The van der Waals surface area contributed by atoms with Gasteiger partial charge in [0.1, 0.15) is 0 Å². The van der Waals surface area contributed by atoms with Crippen LogP contribution in [0.4, 0.5) is 0 Å². The molecule has 0 aliphatic heterocycles. The molecule has 3 heteroatoms. The normalized spacial score (nSPS) is 11.0. The van der Waals surface area contributed by atoms with E-state index in [1.165, 1.54) is 20.9 Å². The molecule has 19 heavy (non-hydrogen) atoms. The van der Waals surface area contributed by atoms with E-state index in [4.69, 9.17) is 5.73 Å². The first-order chi connectivity index (χ1) is 9.11. The molecule has 1 nitrogen and oxygen atoms in total. The number of hydrogen-bond donors (Lipinski definition) is 1. The molecule has 0 fully saturated rings. The van der Waals surface area contributed by atoms with Crippen LogP contribution in [0.25, 0.3) is 0 Å². The summed E-state index contributed by atoms with van der Waals surface area (Å²) in [6.45, 7) is 4.97. The second kappa shape index (κ2) is 6.60. The Morgan fingerprint density at radius 1 is 1.11 bits per heavy atom. The van der Waals surface area contributed by atoms with Crippen molar-refractivity contribution in [1.29, 1.82) is 0 Å². The summed E-state index contributed by atoms with van der Waals surface area (Å²) in [4.78, 5) is 2.46. The zero-order valence-corrected chi connectivity index (χ0v) is 13.6. The highest BCUT2D eigenvalue weighted by molar-refractivity contribution is 9.10. The van der Waals surface area contributed by atoms with Gasteiger partial charge >= 0.3 is 0 Å². The molecule has 0 unspecified atom stereocenters. The van der Waals surface area contributed by atoms with Gasteiger partial charge in [-0.1, -0.05) is 59.7 Å². The Bertz CT molecular complexity index is 549. The quantitative estimate of drug-likeness (QED) is 0.832. The van der Waals surface area contributed by atoms with Gasteiger partial charge in [-0.25, -0.2) is 0 Å². The predicted molar refractivity (Wildman–Crippen MR) is 86.7 cm³/mol. The molecule has 0 aliphatic carbocycles. The lowest BCUT2D eigenvalue weighted by molar-refractivity contribution is 0.865. The molecule has 2 aromatic rings. The van der Waals surface area contributed by atoms with Crippen LogP contribution in [0.2, 0.25) is 0 Å². The van der Waals surface area contributed by atoms with Crippen LogP contribution in [0, 0.1) is 0 Å². The van der Waals surface area contributed by atoms with Crippen molar-refractivity contribution < 1.29 is 0 Å². The number of halogens is 1. The molecule has 0 amide bonds. The van der Waals surface area contributed by atoms with Gasteiger partial charge in [-0.3, -0.25) is 0 Å². The van der Waals surface area contributed by atoms with E-state index in [9.17, 15) is 0 Å². The molecule has 0 aliphatic rings. The Kier molecular flexibility index (Phi) is 5.08. The second-order valence-electron chi connectivity index (χ2n) is 4.75. The maximum Gasteiger partial charge on any atom is 0.0231 e. The maximum absolute atomic E-state index is 5.83. The first kappa shape index (κ1) is 14.6. The summed E-state index contributed by atoms with van der Waals surface area (Å²) < 4.78 is 1.08. The van der Waals surface area contributed by atoms with Crippen LogP contribution in [0.1, 0.15) is 30.9 Å². The molecule has 100 valence electrons. The fraction of sp³-hybridized carbons (Fsp3) is 0.250. The Morgan fingerprint density at radius 3 is 2.37 bits per heavy atom. The molecule has 2 N–H and O–H groups in total. The van der Waals surface area contributed by atoms with Gasteiger partial charge in [0.05, 0.1) is 0 Å². The van der Waals surface area contributed by atoms with Gasteiger partial charge in [0.25, 0.3) is 0 Å². The van der Waals surface area contributed by atoms with Crippen LogP contribution >= 0.6 is 27.7 Å². The Morgan fingerprint density at radius 2 is 1.79 bits per heavy atom. The molecule has 0 aromatic heterocycles. The van der Waals surface area contributed by atoms with E-state index < -0.39 is 0 Å². The summed E-state index contributed by atoms with van der Waals surface area (Å²) in [6, 6.07) is 15.0. The van der Waals surface area contributed by atoms with Gasteiger partial charge in [-0.05, 0) is 41.3 Å². The van der Waals surface area contributed by atoms with Crippen LogP contribution in [0.5, 0.6) is 0 Å². The van der Waals surface area contributed by atoms with Crippen molar-refractivity contribution in [3.8, 4) is 0 Å². The molecule has 0 spiro atoms. The van der Waals surface area contributed by atoms with Crippen LogP contribution in [-0.2, 0) is 6.54 Å².